The van der Waals surface area contributed by atoms with Crippen molar-refractivity contribution < 1.29 is 37.0 Å². The van der Waals surface area contributed by atoms with Crippen LogP contribution in [0.4, 0.5) is 0 Å². The number of hydrogen-bond donors (Lipinski definition) is 0. The molecule has 0 saturated carbocycles. The Morgan fingerprint density at radius 1 is 0.864 bits per heavy atom. The van der Waals surface area contributed by atoms with Crippen molar-refractivity contribution in [3.05, 3.63) is 23.8 Å². The van der Waals surface area contributed by atoms with Crippen LogP contribution in [0.15, 0.2) is 17.7 Å². The molecule has 0 aliphatic heterocycles. The zero-order chi connectivity index (χ0) is 17.4. The van der Waals surface area contributed by atoms with Gasteiger partial charge in [0.15, 0.2) is 0 Å². The Balaban J connectivity index is -0.000000107. The van der Waals surface area contributed by atoms with Gasteiger partial charge in [-0.3, -0.25) is 6.08 Å². The van der Waals surface area contributed by atoms with Crippen LogP contribution in [0.2, 0.25) is 0 Å². The summed E-state index contributed by atoms with van der Waals surface area (Å²) >= 11 is 0. The summed E-state index contributed by atoms with van der Waals surface area (Å²) in [6.07, 6.45) is 8.61. The van der Waals surface area contributed by atoms with Crippen molar-refractivity contribution in [3.8, 4) is 0 Å². The van der Waals surface area contributed by atoms with Crippen molar-refractivity contribution in [2.45, 2.75) is 86.5 Å². The first-order chi connectivity index (χ1) is 9.48. The largest absolute Gasteiger partial charge is 4.00 e. The van der Waals surface area contributed by atoms with E-state index >= 15 is 0 Å². The van der Waals surface area contributed by atoms with Crippen molar-refractivity contribution in [3.63, 3.8) is 0 Å². The molecule has 0 bridgehead atoms. The Labute approximate surface area is 153 Å². The maximum atomic E-state index is 9.53. The fraction of sp³-hybridized carbons (Fsp3) is 0.778. The summed E-state index contributed by atoms with van der Waals surface area (Å²) < 4.78 is 0. The van der Waals surface area contributed by atoms with Crippen LogP contribution < -0.4 is 15.3 Å². The smallest absolute Gasteiger partial charge is 0.852 e. The number of rotatable bonds is 2. The molecule has 4 heteroatoms. The molecule has 128 valence electrons. The van der Waals surface area contributed by atoms with E-state index in [1.165, 1.54) is 12.0 Å². The molecule has 0 heterocycles. The molecule has 0 fully saturated rings. The third kappa shape index (κ3) is 59.6. The van der Waals surface area contributed by atoms with Crippen LogP contribution in [-0.4, -0.2) is 18.3 Å². The van der Waals surface area contributed by atoms with Gasteiger partial charge >= 0.3 is 21.7 Å². The molecule has 1 aliphatic rings. The van der Waals surface area contributed by atoms with E-state index in [-0.39, 0.29) is 21.7 Å². The van der Waals surface area contributed by atoms with Crippen LogP contribution in [-0.2, 0) is 21.7 Å². The van der Waals surface area contributed by atoms with E-state index in [0.717, 1.165) is 12.3 Å². The molecule has 3 nitrogen and oxygen atoms in total. The van der Waals surface area contributed by atoms with Crippen LogP contribution in [0.5, 0.6) is 0 Å². The summed E-state index contributed by atoms with van der Waals surface area (Å²) in [6, 6.07) is 0. The molecule has 0 N–H and O–H groups in total. The van der Waals surface area contributed by atoms with E-state index in [1.807, 2.05) is 0 Å². The molecule has 0 aromatic carbocycles. The van der Waals surface area contributed by atoms with Crippen molar-refractivity contribution >= 4 is 0 Å². The van der Waals surface area contributed by atoms with Crippen molar-refractivity contribution in [2.24, 2.45) is 5.92 Å². The van der Waals surface area contributed by atoms with Crippen molar-refractivity contribution in [1.29, 1.82) is 0 Å². The predicted octanol–water partition coefficient (Wildman–Crippen LogP) is 1.98. The van der Waals surface area contributed by atoms with Crippen LogP contribution >= 0.6 is 0 Å². The first-order valence-corrected chi connectivity index (χ1v) is 7.72. The first-order valence-electron chi connectivity index (χ1n) is 7.72. The Hall–Kier alpha value is 0.0743. The molecule has 0 unspecified atom stereocenters. The maximum Gasteiger partial charge on any atom is 4.00 e. The van der Waals surface area contributed by atoms with Crippen LogP contribution in [0.1, 0.15) is 68.2 Å². The zero-order valence-corrected chi connectivity index (χ0v) is 17.2. The summed E-state index contributed by atoms with van der Waals surface area (Å²) in [5.74, 6) is 0.773. The minimum atomic E-state index is -0.417. The van der Waals surface area contributed by atoms with Gasteiger partial charge in [0.2, 0.25) is 0 Å². The van der Waals surface area contributed by atoms with Gasteiger partial charge in [0.05, 0.1) is 0 Å². The second-order valence-electron chi connectivity index (χ2n) is 6.05. The van der Waals surface area contributed by atoms with Gasteiger partial charge in [-0.25, -0.2) is 11.6 Å². The number of hydrogen-bond acceptors (Lipinski definition) is 3. The van der Waals surface area contributed by atoms with E-state index in [9.17, 15) is 15.3 Å². The number of allylic oxidation sites excluding steroid dienone is 4. The molecular weight excluding hydrogens is 312 g/mol. The Bertz CT molecular complexity index is 235. The summed E-state index contributed by atoms with van der Waals surface area (Å²) in [6.45, 7) is 14.1. The Morgan fingerprint density at radius 2 is 1.18 bits per heavy atom. The maximum absolute atomic E-state index is 9.53. The molecule has 0 spiro atoms. The third-order valence-corrected chi connectivity index (χ3v) is 1.39. The molecule has 0 saturated heterocycles. The third-order valence-electron chi connectivity index (χ3n) is 1.39. The van der Waals surface area contributed by atoms with Gasteiger partial charge < -0.3 is 15.3 Å². The van der Waals surface area contributed by atoms with Gasteiger partial charge in [-0.05, 0) is 5.92 Å². The monoisotopic (exact) mass is 346 g/mol. The van der Waals surface area contributed by atoms with E-state index in [0.29, 0.717) is 0 Å². The first kappa shape index (κ1) is 30.0. The van der Waals surface area contributed by atoms with Gasteiger partial charge in [-0.15, -0.1) is 24.7 Å². The fourth-order valence-corrected chi connectivity index (χ4v) is 1.03. The van der Waals surface area contributed by atoms with E-state index < -0.39 is 18.3 Å². The molecular formula is C18H34O3Ti. The molecule has 22 heavy (non-hydrogen) atoms. The average molecular weight is 346 g/mol. The molecule has 0 aromatic rings. The average Bonchev–Trinajstić information content (AvgIpc) is 2.65. The molecule has 0 aromatic heterocycles. The minimum Gasteiger partial charge on any atom is -0.852 e. The normalized spacial score (nSPS) is 11.9. The van der Waals surface area contributed by atoms with E-state index in [1.54, 1.807) is 41.5 Å². The second kappa shape index (κ2) is 21.1. The molecule has 1 aliphatic carbocycles. The second-order valence-corrected chi connectivity index (χ2v) is 6.05. The fourth-order valence-electron chi connectivity index (χ4n) is 1.03. The predicted molar refractivity (Wildman–Crippen MR) is 85.4 cm³/mol. The Kier molecular flexibility index (Phi) is 28.7. The van der Waals surface area contributed by atoms with Crippen LogP contribution in [0.3, 0.4) is 0 Å². The summed E-state index contributed by atoms with van der Waals surface area (Å²) in [5.41, 5.74) is 1.39. The van der Waals surface area contributed by atoms with Crippen molar-refractivity contribution in [1.82, 2.24) is 0 Å². The minimum absolute atomic E-state index is 0. The molecule has 0 atom stereocenters. The summed E-state index contributed by atoms with van der Waals surface area (Å²) in [7, 11) is 0. The molecule has 0 amide bonds. The van der Waals surface area contributed by atoms with E-state index in [4.69, 9.17) is 0 Å². The molecule has 0 radical (unpaired) electrons. The van der Waals surface area contributed by atoms with Gasteiger partial charge in [0.25, 0.3) is 0 Å². The Morgan fingerprint density at radius 3 is 1.36 bits per heavy atom. The zero-order valence-electron chi connectivity index (χ0n) is 15.6. The van der Waals surface area contributed by atoms with Crippen LogP contribution in [0.25, 0.3) is 0 Å². The van der Waals surface area contributed by atoms with Gasteiger partial charge in [-0.1, -0.05) is 61.8 Å². The van der Waals surface area contributed by atoms with Gasteiger partial charge in [0, 0.05) is 0 Å². The van der Waals surface area contributed by atoms with Gasteiger partial charge in [-0.2, -0.15) is 6.08 Å². The summed E-state index contributed by atoms with van der Waals surface area (Å²) in [5, 5.41) is 28.6. The van der Waals surface area contributed by atoms with Crippen LogP contribution in [0, 0.1) is 12.0 Å². The summed E-state index contributed by atoms with van der Waals surface area (Å²) in [4.78, 5) is 0. The van der Waals surface area contributed by atoms with Gasteiger partial charge in [0.1, 0.15) is 0 Å². The SMILES string of the molecule is CC(C)CC1=[C-]CC=C1.CC(C)[O-].CC(C)[O-].CC(C)[O-].[Ti+4]. The quantitative estimate of drug-likeness (QED) is 0.567. The standard InChI is InChI=1S/C9H13.3C3H7O.Ti/c1-8(2)7-9-5-3-4-6-9;3*1-3(2)4;/h3,5,8H,4,7H2,1-2H3;3*3H,1-2H3;/q4*-1;+4. The molecule has 1 rings (SSSR count). The van der Waals surface area contributed by atoms with E-state index in [2.05, 4.69) is 32.1 Å². The van der Waals surface area contributed by atoms with Crippen molar-refractivity contribution in [2.75, 3.05) is 0 Å². The topological polar surface area (TPSA) is 69.2 Å².